The van der Waals surface area contributed by atoms with E-state index in [9.17, 15) is 9.59 Å². The van der Waals surface area contributed by atoms with Crippen molar-refractivity contribution in [3.8, 4) is 23.0 Å². The lowest BCUT2D eigenvalue weighted by Gasteiger charge is -2.24. The molecule has 0 aliphatic carbocycles. The zero-order valence-electron chi connectivity index (χ0n) is 20.1. The minimum Gasteiger partial charge on any atom is -0.497 e. The number of rotatable bonds is 8. The first kappa shape index (κ1) is 24.2. The van der Waals surface area contributed by atoms with Crippen LogP contribution >= 0.6 is 0 Å². The summed E-state index contributed by atoms with van der Waals surface area (Å²) in [5.74, 6) is 1.47. The summed E-state index contributed by atoms with van der Waals surface area (Å²) in [5, 5.41) is 0. The summed E-state index contributed by atoms with van der Waals surface area (Å²) in [4.78, 5) is 30.0. The quantitative estimate of drug-likeness (QED) is 0.608. The molecule has 2 aromatic rings. The molecule has 0 unspecified atom stereocenters. The highest BCUT2D eigenvalue weighted by molar-refractivity contribution is 5.95. The predicted molar refractivity (Wildman–Crippen MR) is 125 cm³/mol. The topological polar surface area (TPSA) is 77.5 Å². The van der Waals surface area contributed by atoms with E-state index in [0.717, 1.165) is 5.56 Å². The standard InChI is InChI=1S/C25H32N2O6/c1-7-26(2)25(29)20-15-27(24(28)16-8-10-18(30-3)11-9-16)14-19(20)17-12-21(31-4)23(33-6)22(13-17)32-5/h8-13,19-20H,7,14-15H2,1-6H3/t19-,20+/m1/s1. The van der Waals surface area contributed by atoms with Crippen LogP contribution in [0.25, 0.3) is 0 Å². The Labute approximate surface area is 195 Å². The zero-order chi connectivity index (χ0) is 24.1. The van der Waals surface area contributed by atoms with Gasteiger partial charge in [-0.05, 0) is 48.9 Å². The van der Waals surface area contributed by atoms with Gasteiger partial charge in [-0.2, -0.15) is 0 Å². The molecular formula is C25H32N2O6. The number of amides is 2. The van der Waals surface area contributed by atoms with Crippen LogP contribution in [0.4, 0.5) is 0 Å². The van der Waals surface area contributed by atoms with E-state index < -0.39 is 0 Å². The van der Waals surface area contributed by atoms with Crippen LogP contribution in [0, 0.1) is 5.92 Å². The van der Waals surface area contributed by atoms with Crippen LogP contribution in [0.15, 0.2) is 36.4 Å². The highest BCUT2D eigenvalue weighted by Crippen LogP contribution is 2.43. The Morgan fingerprint density at radius 1 is 0.939 bits per heavy atom. The van der Waals surface area contributed by atoms with Gasteiger partial charge in [-0.1, -0.05) is 0 Å². The van der Waals surface area contributed by atoms with Crippen molar-refractivity contribution in [1.29, 1.82) is 0 Å². The number of likely N-dealkylation sites (tertiary alicyclic amines) is 1. The fourth-order valence-corrected chi connectivity index (χ4v) is 4.23. The number of ether oxygens (including phenoxy) is 4. The van der Waals surface area contributed by atoms with Crippen molar-refractivity contribution in [2.24, 2.45) is 5.92 Å². The van der Waals surface area contributed by atoms with Crippen molar-refractivity contribution < 1.29 is 28.5 Å². The zero-order valence-corrected chi connectivity index (χ0v) is 20.1. The Morgan fingerprint density at radius 3 is 2.03 bits per heavy atom. The van der Waals surface area contributed by atoms with Gasteiger partial charge in [-0.25, -0.2) is 0 Å². The predicted octanol–water partition coefficient (Wildman–Crippen LogP) is 3.06. The Kier molecular flexibility index (Phi) is 7.68. The highest BCUT2D eigenvalue weighted by atomic mass is 16.5. The normalized spacial score (nSPS) is 17.5. The first-order chi connectivity index (χ1) is 15.9. The summed E-state index contributed by atoms with van der Waals surface area (Å²) in [6.45, 7) is 3.25. The van der Waals surface area contributed by atoms with E-state index in [1.54, 1.807) is 69.6 Å². The van der Waals surface area contributed by atoms with Crippen molar-refractivity contribution in [2.45, 2.75) is 12.8 Å². The molecule has 0 aromatic heterocycles. The molecule has 1 saturated heterocycles. The second kappa shape index (κ2) is 10.5. The van der Waals surface area contributed by atoms with Gasteiger partial charge in [0.25, 0.3) is 5.91 Å². The second-order valence-corrected chi connectivity index (χ2v) is 7.96. The number of carbonyl (C=O) groups is 2. The SMILES string of the molecule is CCN(C)C(=O)[C@H]1CN(C(=O)c2ccc(OC)cc2)C[C@@H]1c1cc(OC)c(OC)c(OC)c1. The van der Waals surface area contributed by atoms with Gasteiger partial charge in [-0.15, -0.1) is 0 Å². The summed E-state index contributed by atoms with van der Waals surface area (Å²) in [6.07, 6.45) is 0. The molecule has 8 nitrogen and oxygen atoms in total. The van der Waals surface area contributed by atoms with Crippen molar-refractivity contribution in [3.63, 3.8) is 0 Å². The molecule has 8 heteroatoms. The Bertz CT molecular complexity index is 966. The maximum absolute atomic E-state index is 13.3. The van der Waals surface area contributed by atoms with E-state index in [0.29, 0.717) is 48.2 Å². The first-order valence-electron chi connectivity index (χ1n) is 10.9. The Morgan fingerprint density at radius 2 is 1.55 bits per heavy atom. The number of benzene rings is 2. The Hall–Kier alpha value is -3.42. The smallest absolute Gasteiger partial charge is 0.253 e. The monoisotopic (exact) mass is 456 g/mol. The molecule has 2 aromatic carbocycles. The molecule has 33 heavy (non-hydrogen) atoms. The van der Waals surface area contributed by atoms with Crippen LogP contribution < -0.4 is 18.9 Å². The van der Waals surface area contributed by atoms with Gasteiger partial charge >= 0.3 is 0 Å². The minimum absolute atomic E-state index is 0.00119. The molecule has 3 rings (SSSR count). The maximum atomic E-state index is 13.3. The molecule has 2 amide bonds. The third kappa shape index (κ3) is 4.84. The third-order valence-electron chi connectivity index (χ3n) is 6.23. The van der Waals surface area contributed by atoms with Crippen molar-refractivity contribution >= 4 is 11.8 Å². The number of carbonyl (C=O) groups excluding carboxylic acids is 2. The summed E-state index contributed by atoms with van der Waals surface area (Å²) < 4.78 is 21.7. The van der Waals surface area contributed by atoms with E-state index in [4.69, 9.17) is 18.9 Å². The van der Waals surface area contributed by atoms with Gasteiger partial charge in [0, 0.05) is 38.2 Å². The summed E-state index contributed by atoms with van der Waals surface area (Å²) >= 11 is 0. The average Bonchev–Trinajstić information content (AvgIpc) is 3.31. The summed E-state index contributed by atoms with van der Waals surface area (Å²) in [6, 6.07) is 10.7. The molecule has 178 valence electrons. The third-order valence-corrected chi connectivity index (χ3v) is 6.23. The van der Waals surface area contributed by atoms with Gasteiger partial charge in [0.1, 0.15) is 5.75 Å². The molecule has 0 bridgehead atoms. The van der Waals surface area contributed by atoms with E-state index >= 15 is 0 Å². The molecule has 1 fully saturated rings. The molecule has 1 heterocycles. The maximum Gasteiger partial charge on any atom is 0.253 e. The average molecular weight is 457 g/mol. The van der Waals surface area contributed by atoms with Crippen LogP contribution in [0.2, 0.25) is 0 Å². The van der Waals surface area contributed by atoms with Gasteiger partial charge in [0.05, 0.1) is 34.4 Å². The lowest BCUT2D eigenvalue weighted by Crippen LogP contribution is -2.36. The van der Waals surface area contributed by atoms with Gasteiger partial charge in [0.2, 0.25) is 11.7 Å². The molecule has 0 saturated carbocycles. The second-order valence-electron chi connectivity index (χ2n) is 7.96. The van der Waals surface area contributed by atoms with Gasteiger partial charge < -0.3 is 28.7 Å². The van der Waals surface area contributed by atoms with Gasteiger partial charge in [-0.3, -0.25) is 9.59 Å². The molecule has 0 spiro atoms. The van der Waals surface area contributed by atoms with Crippen LogP contribution in [-0.4, -0.2) is 76.7 Å². The number of hydrogen-bond donors (Lipinski definition) is 0. The Balaban J connectivity index is 1.99. The molecule has 0 N–H and O–H groups in total. The fraction of sp³-hybridized carbons (Fsp3) is 0.440. The number of nitrogens with zero attached hydrogens (tertiary/aromatic N) is 2. The van der Waals surface area contributed by atoms with E-state index in [-0.39, 0.29) is 23.7 Å². The largest absolute Gasteiger partial charge is 0.497 e. The molecule has 0 radical (unpaired) electrons. The minimum atomic E-state index is -0.389. The van der Waals surface area contributed by atoms with Crippen LogP contribution in [0.1, 0.15) is 28.8 Å². The van der Waals surface area contributed by atoms with Crippen molar-refractivity contribution in [1.82, 2.24) is 9.80 Å². The number of hydrogen-bond acceptors (Lipinski definition) is 6. The highest BCUT2D eigenvalue weighted by Gasteiger charge is 2.42. The first-order valence-corrected chi connectivity index (χ1v) is 10.9. The van der Waals surface area contributed by atoms with Gasteiger partial charge in [0.15, 0.2) is 11.5 Å². The molecular weight excluding hydrogens is 424 g/mol. The van der Waals surface area contributed by atoms with Crippen molar-refractivity contribution in [3.05, 3.63) is 47.5 Å². The molecule has 2 atom stereocenters. The molecule has 1 aliphatic rings. The summed E-state index contributed by atoms with van der Waals surface area (Å²) in [7, 11) is 8.03. The molecule has 1 aliphatic heterocycles. The van der Waals surface area contributed by atoms with Crippen molar-refractivity contribution in [2.75, 3.05) is 55.1 Å². The lowest BCUT2D eigenvalue weighted by atomic mass is 9.87. The van der Waals surface area contributed by atoms with E-state index in [1.807, 2.05) is 19.1 Å². The van der Waals surface area contributed by atoms with Crippen LogP contribution in [-0.2, 0) is 4.79 Å². The fourth-order valence-electron chi connectivity index (χ4n) is 4.23. The summed E-state index contributed by atoms with van der Waals surface area (Å²) in [5.41, 5.74) is 1.41. The lowest BCUT2D eigenvalue weighted by molar-refractivity contribution is -0.133. The van der Waals surface area contributed by atoms with Crippen LogP contribution in [0.5, 0.6) is 23.0 Å². The van der Waals surface area contributed by atoms with Crippen LogP contribution in [0.3, 0.4) is 0 Å². The number of methoxy groups -OCH3 is 4. The van der Waals surface area contributed by atoms with E-state index in [2.05, 4.69) is 0 Å². The van der Waals surface area contributed by atoms with E-state index in [1.165, 1.54) is 0 Å².